The fourth-order valence-electron chi connectivity index (χ4n) is 3.63. The van der Waals surface area contributed by atoms with Crippen LogP contribution in [0.4, 0.5) is 5.69 Å². The third kappa shape index (κ3) is 4.65. The van der Waals surface area contributed by atoms with E-state index in [-0.39, 0.29) is 24.3 Å². The molecule has 158 valence electrons. The van der Waals surface area contributed by atoms with Crippen LogP contribution >= 0.6 is 11.6 Å². The Labute approximate surface area is 181 Å². The number of carbonyl (C=O) groups is 3. The van der Waals surface area contributed by atoms with E-state index in [0.717, 1.165) is 17.5 Å². The van der Waals surface area contributed by atoms with Crippen LogP contribution in [-0.4, -0.2) is 47.7 Å². The quantitative estimate of drug-likeness (QED) is 0.790. The molecule has 1 atom stereocenters. The van der Waals surface area contributed by atoms with Gasteiger partial charge in [-0.2, -0.15) is 0 Å². The highest BCUT2D eigenvalue weighted by Gasteiger charge is 2.36. The molecule has 1 heterocycles. The summed E-state index contributed by atoms with van der Waals surface area (Å²) in [5.41, 5.74) is 2.96. The molecule has 0 bridgehead atoms. The van der Waals surface area contributed by atoms with Crippen molar-refractivity contribution in [2.24, 2.45) is 0 Å². The molecule has 0 saturated carbocycles. The first-order valence-electron chi connectivity index (χ1n) is 10.00. The van der Waals surface area contributed by atoms with Crippen LogP contribution in [0.15, 0.2) is 42.5 Å². The van der Waals surface area contributed by atoms with Crippen molar-refractivity contribution in [1.82, 2.24) is 9.80 Å². The van der Waals surface area contributed by atoms with Crippen LogP contribution in [0.2, 0.25) is 5.02 Å². The van der Waals surface area contributed by atoms with Gasteiger partial charge in [0, 0.05) is 39.2 Å². The first-order valence-corrected chi connectivity index (χ1v) is 10.4. The van der Waals surface area contributed by atoms with Crippen LogP contribution in [0.5, 0.6) is 0 Å². The zero-order chi connectivity index (χ0) is 21.8. The Morgan fingerprint density at radius 2 is 1.87 bits per heavy atom. The Bertz CT molecular complexity index is 974. The van der Waals surface area contributed by atoms with Crippen molar-refractivity contribution in [1.29, 1.82) is 0 Å². The van der Waals surface area contributed by atoms with Gasteiger partial charge in [-0.05, 0) is 41.8 Å². The van der Waals surface area contributed by atoms with E-state index in [1.54, 1.807) is 43.3 Å². The summed E-state index contributed by atoms with van der Waals surface area (Å²) >= 11 is 6.25. The molecule has 0 aromatic heterocycles. The van der Waals surface area contributed by atoms with Crippen LogP contribution in [-0.2, 0) is 22.6 Å². The van der Waals surface area contributed by atoms with Crippen LogP contribution in [0.1, 0.15) is 41.3 Å². The van der Waals surface area contributed by atoms with Gasteiger partial charge in [0.1, 0.15) is 6.04 Å². The van der Waals surface area contributed by atoms with E-state index in [9.17, 15) is 14.4 Å². The first-order chi connectivity index (χ1) is 14.3. The molecule has 1 N–H and O–H groups in total. The molecular weight excluding hydrogens is 402 g/mol. The van der Waals surface area contributed by atoms with Crippen molar-refractivity contribution in [3.05, 3.63) is 64.2 Å². The zero-order valence-electron chi connectivity index (χ0n) is 17.4. The number of amides is 3. The van der Waals surface area contributed by atoms with E-state index < -0.39 is 6.04 Å². The molecule has 6 nitrogen and oxygen atoms in total. The molecule has 1 aliphatic rings. The Kier molecular flexibility index (Phi) is 6.77. The smallest absolute Gasteiger partial charge is 0.256 e. The summed E-state index contributed by atoms with van der Waals surface area (Å²) in [6.45, 7) is 2.22. The highest BCUT2D eigenvalue weighted by Crippen LogP contribution is 2.29. The van der Waals surface area contributed by atoms with Gasteiger partial charge in [-0.1, -0.05) is 36.7 Å². The maximum absolute atomic E-state index is 13.3. The second-order valence-electron chi connectivity index (χ2n) is 7.65. The number of likely N-dealkylation sites (N-methyl/N-ethyl adjacent to an activating group) is 1. The van der Waals surface area contributed by atoms with E-state index in [0.29, 0.717) is 29.1 Å². The third-order valence-electron chi connectivity index (χ3n) is 5.19. The summed E-state index contributed by atoms with van der Waals surface area (Å²) in [5.74, 6) is -0.467. The average molecular weight is 428 g/mol. The second kappa shape index (κ2) is 9.30. The normalized spacial score (nSPS) is 15.3. The Hall–Kier alpha value is -2.86. The number of fused-ring (bicyclic) bond motifs is 1. The predicted octanol–water partition coefficient (Wildman–Crippen LogP) is 3.73. The van der Waals surface area contributed by atoms with Crippen LogP contribution in [0.25, 0.3) is 0 Å². The molecule has 2 aromatic carbocycles. The second-order valence-corrected chi connectivity index (χ2v) is 8.05. The van der Waals surface area contributed by atoms with Gasteiger partial charge in [-0.25, -0.2) is 0 Å². The minimum atomic E-state index is -0.614. The molecule has 0 spiro atoms. The fraction of sp³-hybridized carbons (Fsp3) is 0.348. The monoisotopic (exact) mass is 427 g/mol. The lowest BCUT2D eigenvalue weighted by atomic mass is 9.92. The topological polar surface area (TPSA) is 69.7 Å². The summed E-state index contributed by atoms with van der Waals surface area (Å²) in [4.78, 5) is 41.2. The highest BCUT2D eigenvalue weighted by atomic mass is 35.5. The van der Waals surface area contributed by atoms with E-state index in [1.807, 2.05) is 25.1 Å². The van der Waals surface area contributed by atoms with Crippen LogP contribution in [0.3, 0.4) is 0 Å². The standard InChI is InChI=1S/C23H26ClN3O3/c1-4-7-21(28)25-17-11-10-15-13-20(23(30)26(2)3)27(14-16(15)12-17)22(29)18-8-5-6-9-19(18)24/h5-6,8-12,20H,4,7,13-14H2,1-3H3,(H,25,28)/t20-/m0/s1. The van der Waals surface area contributed by atoms with Crippen molar-refractivity contribution in [3.8, 4) is 0 Å². The van der Waals surface area contributed by atoms with Gasteiger partial charge in [0.05, 0.1) is 10.6 Å². The number of nitrogens with one attached hydrogen (secondary N) is 1. The fourth-order valence-corrected chi connectivity index (χ4v) is 3.85. The lowest BCUT2D eigenvalue weighted by molar-refractivity contribution is -0.134. The summed E-state index contributed by atoms with van der Waals surface area (Å²) in [6.07, 6.45) is 1.63. The molecule has 1 aliphatic heterocycles. The molecule has 0 saturated heterocycles. The van der Waals surface area contributed by atoms with Crippen molar-refractivity contribution >= 4 is 35.0 Å². The SMILES string of the molecule is CCCC(=O)Nc1ccc2c(c1)CN(C(=O)c1ccccc1Cl)[C@H](C(=O)N(C)C)C2. The summed E-state index contributed by atoms with van der Waals surface area (Å²) in [7, 11) is 3.37. The van der Waals surface area contributed by atoms with Gasteiger partial charge in [-0.3, -0.25) is 14.4 Å². The zero-order valence-corrected chi connectivity index (χ0v) is 18.2. The van der Waals surface area contributed by atoms with Crippen LogP contribution in [0, 0.1) is 0 Å². The number of halogens is 1. The maximum atomic E-state index is 13.3. The molecule has 3 amide bonds. The van der Waals surface area contributed by atoms with Gasteiger partial charge >= 0.3 is 0 Å². The third-order valence-corrected chi connectivity index (χ3v) is 5.52. The van der Waals surface area contributed by atoms with E-state index >= 15 is 0 Å². The number of carbonyl (C=O) groups excluding carboxylic acids is 3. The number of rotatable bonds is 5. The molecular formula is C23H26ClN3O3. The van der Waals surface area contributed by atoms with Crippen molar-refractivity contribution in [2.45, 2.75) is 38.8 Å². The van der Waals surface area contributed by atoms with Crippen molar-refractivity contribution in [3.63, 3.8) is 0 Å². The molecule has 30 heavy (non-hydrogen) atoms. The number of hydrogen-bond acceptors (Lipinski definition) is 3. The van der Waals surface area contributed by atoms with Gasteiger partial charge in [0.15, 0.2) is 0 Å². The van der Waals surface area contributed by atoms with Crippen molar-refractivity contribution < 1.29 is 14.4 Å². The predicted molar refractivity (Wildman–Crippen MR) is 117 cm³/mol. The molecule has 2 aromatic rings. The van der Waals surface area contributed by atoms with Crippen LogP contribution < -0.4 is 5.32 Å². The number of benzene rings is 2. The lowest BCUT2D eigenvalue weighted by Gasteiger charge is -2.37. The van der Waals surface area contributed by atoms with Crippen molar-refractivity contribution in [2.75, 3.05) is 19.4 Å². The van der Waals surface area contributed by atoms with E-state index in [1.165, 1.54) is 4.90 Å². The summed E-state index contributed by atoms with van der Waals surface area (Å²) < 4.78 is 0. The highest BCUT2D eigenvalue weighted by molar-refractivity contribution is 6.33. The molecule has 0 unspecified atom stereocenters. The first kappa shape index (κ1) is 21.8. The number of nitrogens with zero attached hydrogens (tertiary/aromatic N) is 2. The summed E-state index contributed by atoms with van der Waals surface area (Å²) in [5, 5.41) is 3.24. The Balaban J connectivity index is 1.95. The Morgan fingerprint density at radius 1 is 1.13 bits per heavy atom. The largest absolute Gasteiger partial charge is 0.347 e. The van der Waals surface area contributed by atoms with E-state index in [2.05, 4.69) is 5.32 Å². The maximum Gasteiger partial charge on any atom is 0.256 e. The summed E-state index contributed by atoms with van der Waals surface area (Å²) in [6, 6.07) is 11.9. The van der Waals surface area contributed by atoms with Gasteiger partial charge in [0.2, 0.25) is 11.8 Å². The number of hydrogen-bond donors (Lipinski definition) is 1. The number of anilines is 1. The van der Waals surface area contributed by atoms with E-state index in [4.69, 9.17) is 11.6 Å². The van der Waals surface area contributed by atoms with Gasteiger partial charge in [-0.15, -0.1) is 0 Å². The minimum absolute atomic E-state index is 0.0436. The molecule has 7 heteroatoms. The Morgan fingerprint density at radius 3 is 2.53 bits per heavy atom. The molecule has 0 aliphatic carbocycles. The lowest BCUT2D eigenvalue weighted by Crippen LogP contribution is -2.52. The molecule has 3 rings (SSSR count). The molecule has 0 radical (unpaired) electrons. The van der Waals surface area contributed by atoms with Gasteiger partial charge < -0.3 is 15.1 Å². The van der Waals surface area contributed by atoms with Gasteiger partial charge in [0.25, 0.3) is 5.91 Å². The molecule has 0 fully saturated rings. The minimum Gasteiger partial charge on any atom is -0.347 e. The average Bonchev–Trinajstić information content (AvgIpc) is 2.72.